The molecule has 0 amide bonds. The number of rotatable bonds is 42. The Kier molecular flexibility index (Phi) is 32.1. The van der Waals surface area contributed by atoms with E-state index in [9.17, 15) is 9.59 Å². The summed E-state index contributed by atoms with van der Waals surface area (Å²) in [6.45, 7) is 5.47. The van der Waals surface area contributed by atoms with Crippen LogP contribution >= 0.6 is 8.60 Å². The van der Waals surface area contributed by atoms with E-state index in [2.05, 4.69) is 19.2 Å². The number of carbonyl (C=O) groups excluding carboxylic acids is 2. The Hall–Kier alpha value is -0.830. The minimum atomic E-state index is -1.81. The van der Waals surface area contributed by atoms with Gasteiger partial charge in [-0.05, 0) is 56.4 Å². The Bertz CT molecular complexity index is 912. The first-order valence-electron chi connectivity index (χ1n) is 23.3. The van der Waals surface area contributed by atoms with Gasteiger partial charge in [0, 0.05) is 19.4 Å². The first-order valence-corrected chi connectivity index (χ1v) is 24.4. The number of carbonyl (C=O) groups is 2. The van der Waals surface area contributed by atoms with Gasteiger partial charge in [-0.15, -0.1) is 0 Å². The molecule has 6 unspecified atom stereocenters. The SMILES string of the molecule is CCCCCCCCC1CC1CCCCCCCC(=O)OCC(COP(OCCNC)OOC)OC(=O)CCCCCCCC1CC1CCCCCCCC. The summed E-state index contributed by atoms with van der Waals surface area (Å²) in [5.41, 5.74) is 0. The van der Waals surface area contributed by atoms with E-state index in [1.807, 2.05) is 7.05 Å². The number of esters is 2. The highest BCUT2D eigenvalue weighted by Crippen LogP contribution is 2.46. The smallest absolute Gasteiger partial charge is 0.363 e. The second kappa shape index (κ2) is 35.1. The quantitative estimate of drug-likeness (QED) is 0.0213. The molecule has 0 saturated heterocycles. The molecular formula is C45H86NO8P. The average molecular weight is 800 g/mol. The van der Waals surface area contributed by atoms with Crippen LogP contribution < -0.4 is 5.32 Å². The lowest BCUT2D eigenvalue weighted by atomic mass is 10.0. The Morgan fingerprint density at radius 2 is 1.02 bits per heavy atom. The molecule has 0 radical (unpaired) electrons. The van der Waals surface area contributed by atoms with E-state index in [0.29, 0.717) is 26.0 Å². The van der Waals surface area contributed by atoms with Crippen molar-refractivity contribution in [3.63, 3.8) is 0 Å². The van der Waals surface area contributed by atoms with Crippen LogP contribution in [0.3, 0.4) is 0 Å². The highest BCUT2D eigenvalue weighted by Gasteiger charge is 2.35. The molecule has 2 aliphatic rings. The molecule has 0 heterocycles. The largest absolute Gasteiger partial charge is 0.462 e. The fourth-order valence-corrected chi connectivity index (χ4v) is 8.76. The van der Waals surface area contributed by atoms with Gasteiger partial charge >= 0.3 is 20.5 Å². The van der Waals surface area contributed by atoms with Gasteiger partial charge in [0.2, 0.25) is 0 Å². The maximum absolute atomic E-state index is 12.8. The zero-order valence-corrected chi connectivity index (χ0v) is 37.0. The van der Waals surface area contributed by atoms with Crippen LogP contribution in [0.2, 0.25) is 0 Å². The van der Waals surface area contributed by atoms with Gasteiger partial charge < -0.3 is 23.8 Å². The number of nitrogens with one attached hydrogen (secondary N) is 1. The van der Waals surface area contributed by atoms with Crippen LogP contribution in [0, 0.1) is 23.7 Å². The van der Waals surface area contributed by atoms with E-state index in [-0.39, 0.29) is 25.2 Å². The van der Waals surface area contributed by atoms with E-state index in [1.165, 1.54) is 148 Å². The minimum Gasteiger partial charge on any atom is -0.462 e. The van der Waals surface area contributed by atoms with Crippen molar-refractivity contribution in [1.82, 2.24) is 5.32 Å². The molecule has 10 heteroatoms. The molecule has 2 rings (SSSR count). The molecule has 9 nitrogen and oxygen atoms in total. The fourth-order valence-electron chi connectivity index (χ4n) is 7.95. The van der Waals surface area contributed by atoms with Gasteiger partial charge in [0.1, 0.15) is 6.61 Å². The monoisotopic (exact) mass is 800 g/mol. The summed E-state index contributed by atoms with van der Waals surface area (Å²) in [5.74, 6) is 3.37. The lowest BCUT2D eigenvalue weighted by molar-refractivity contribution is -0.192. The maximum atomic E-state index is 12.8. The van der Waals surface area contributed by atoms with Gasteiger partial charge in [-0.1, -0.05) is 168 Å². The Morgan fingerprint density at radius 3 is 1.47 bits per heavy atom. The van der Waals surface area contributed by atoms with Crippen LogP contribution in [-0.2, 0) is 37.7 Å². The molecule has 0 aliphatic heterocycles. The summed E-state index contributed by atoms with van der Waals surface area (Å²) >= 11 is 0. The zero-order chi connectivity index (χ0) is 39.6. The summed E-state index contributed by atoms with van der Waals surface area (Å²) in [6, 6.07) is 0. The van der Waals surface area contributed by atoms with Crippen LogP contribution in [0.1, 0.15) is 206 Å². The molecule has 0 aromatic rings. The van der Waals surface area contributed by atoms with Crippen LogP contribution in [0.5, 0.6) is 0 Å². The highest BCUT2D eigenvalue weighted by molar-refractivity contribution is 7.41. The van der Waals surface area contributed by atoms with Gasteiger partial charge in [-0.25, -0.2) is 4.89 Å². The Labute approximate surface area is 339 Å². The van der Waals surface area contributed by atoms with Gasteiger partial charge in [0.25, 0.3) is 0 Å². The predicted molar refractivity (Wildman–Crippen MR) is 226 cm³/mol. The fraction of sp³-hybridized carbons (Fsp3) is 0.956. The summed E-state index contributed by atoms with van der Waals surface area (Å²) in [7, 11) is 1.41. The van der Waals surface area contributed by atoms with Crippen molar-refractivity contribution in [2.75, 3.05) is 40.5 Å². The number of unbranched alkanes of at least 4 members (excludes halogenated alkanes) is 18. The standard InChI is InChI=1S/C45H86NO8P/c1-5-7-9-11-15-21-27-39-35-41(39)29-23-17-13-19-25-31-44(47)50-37-43(38-52-55(54-49-4)51-34-33-46-3)53-45(48)32-26-20-14-18-24-30-42-36-40(42)28-22-16-12-10-8-6-2/h39-43,46H,5-38H2,1-4H3. The van der Waals surface area contributed by atoms with E-state index in [1.54, 1.807) is 0 Å². The Balaban J connectivity index is 1.56. The zero-order valence-electron chi connectivity index (χ0n) is 36.1. The maximum Gasteiger partial charge on any atom is 0.363 e. The molecule has 0 bridgehead atoms. The van der Waals surface area contributed by atoms with Crippen molar-refractivity contribution >= 4 is 20.5 Å². The summed E-state index contributed by atoms with van der Waals surface area (Å²) in [6.07, 6.45) is 36.3. The lowest BCUT2D eigenvalue weighted by Gasteiger charge is -2.20. The van der Waals surface area contributed by atoms with E-state index in [0.717, 1.165) is 62.2 Å². The van der Waals surface area contributed by atoms with Gasteiger partial charge in [-0.2, -0.15) is 4.67 Å². The van der Waals surface area contributed by atoms with Crippen molar-refractivity contribution in [1.29, 1.82) is 0 Å². The average Bonchev–Trinajstić information content (AvgIpc) is 4.11. The number of hydrogen-bond acceptors (Lipinski definition) is 9. The third kappa shape index (κ3) is 29.1. The van der Waals surface area contributed by atoms with Gasteiger partial charge in [0.05, 0.1) is 20.3 Å². The van der Waals surface area contributed by atoms with Crippen LogP contribution in [0.15, 0.2) is 0 Å². The van der Waals surface area contributed by atoms with Crippen molar-refractivity contribution in [2.24, 2.45) is 23.7 Å². The number of likely N-dealkylation sites (N-methyl/N-ethyl adjacent to an activating group) is 1. The first kappa shape index (κ1) is 50.3. The molecule has 0 aromatic carbocycles. The van der Waals surface area contributed by atoms with Crippen molar-refractivity contribution in [3.8, 4) is 0 Å². The second-order valence-electron chi connectivity index (χ2n) is 16.7. The molecule has 0 spiro atoms. The molecule has 55 heavy (non-hydrogen) atoms. The minimum absolute atomic E-state index is 0.0184. The molecule has 2 fully saturated rings. The first-order chi connectivity index (χ1) is 27.0. The van der Waals surface area contributed by atoms with Crippen LogP contribution in [0.25, 0.3) is 0 Å². The van der Waals surface area contributed by atoms with Gasteiger partial charge in [-0.3, -0.25) is 9.59 Å². The number of hydrogen-bond donors (Lipinski definition) is 1. The summed E-state index contributed by atoms with van der Waals surface area (Å²) in [4.78, 5) is 30.2. The van der Waals surface area contributed by atoms with Crippen molar-refractivity contribution < 1.29 is 37.7 Å². The highest BCUT2D eigenvalue weighted by atomic mass is 31.2. The lowest BCUT2D eigenvalue weighted by Crippen LogP contribution is -2.29. The second-order valence-corrected chi connectivity index (χ2v) is 17.8. The molecule has 1 N–H and O–H groups in total. The van der Waals surface area contributed by atoms with E-state index < -0.39 is 14.7 Å². The van der Waals surface area contributed by atoms with Crippen LogP contribution in [-0.4, -0.2) is 58.6 Å². The molecule has 324 valence electrons. The summed E-state index contributed by atoms with van der Waals surface area (Å²) < 4.78 is 27.8. The van der Waals surface area contributed by atoms with Gasteiger partial charge in [0.15, 0.2) is 6.10 Å². The topological polar surface area (TPSA) is 102 Å². The van der Waals surface area contributed by atoms with Crippen LogP contribution in [0.4, 0.5) is 0 Å². The normalized spacial score (nSPS) is 20.0. The third-order valence-corrected chi connectivity index (χ3v) is 12.7. The molecule has 2 aliphatic carbocycles. The van der Waals surface area contributed by atoms with E-state index >= 15 is 0 Å². The molecular weight excluding hydrogens is 713 g/mol. The summed E-state index contributed by atoms with van der Waals surface area (Å²) in [5, 5.41) is 3.00. The Morgan fingerprint density at radius 1 is 0.582 bits per heavy atom. The third-order valence-electron chi connectivity index (χ3n) is 11.7. The number of ether oxygens (including phenoxy) is 2. The molecule has 0 aromatic heterocycles. The van der Waals surface area contributed by atoms with E-state index in [4.69, 9.17) is 28.1 Å². The van der Waals surface area contributed by atoms with Crippen molar-refractivity contribution in [2.45, 2.75) is 213 Å². The van der Waals surface area contributed by atoms with Crippen molar-refractivity contribution in [3.05, 3.63) is 0 Å². The molecule has 6 atom stereocenters. The predicted octanol–water partition coefficient (Wildman–Crippen LogP) is 12.7. The molecule has 2 saturated carbocycles.